The standard InChI is InChI=1S/C9H7F2IN2/c1-5-7(8(10)11)6(2-3-13)4-14-9(5)12/h4,8H,2H2,1H3. The lowest BCUT2D eigenvalue weighted by Gasteiger charge is -2.10. The van der Waals surface area contributed by atoms with Crippen LogP contribution < -0.4 is 0 Å². The fourth-order valence-electron chi connectivity index (χ4n) is 1.18. The van der Waals surface area contributed by atoms with Crippen molar-refractivity contribution in [2.75, 3.05) is 0 Å². The third-order valence-corrected chi connectivity index (χ3v) is 2.97. The molecular formula is C9H7F2IN2. The average molecular weight is 308 g/mol. The Kier molecular flexibility index (Phi) is 3.75. The molecule has 5 heteroatoms. The fraction of sp³-hybridized carbons (Fsp3) is 0.333. The van der Waals surface area contributed by atoms with Crippen molar-refractivity contribution in [3.63, 3.8) is 0 Å². The van der Waals surface area contributed by atoms with Gasteiger partial charge in [-0.1, -0.05) is 0 Å². The van der Waals surface area contributed by atoms with Gasteiger partial charge in [0.25, 0.3) is 6.43 Å². The maximum Gasteiger partial charge on any atom is 0.264 e. The van der Waals surface area contributed by atoms with E-state index >= 15 is 0 Å². The molecule has 1 aromatic heterocycles. The highest BCUT2D eigenvalue weighted by Gasteiger charge is 2.18. The Morgan fingerprint density at radius 2 is 2.29 bits per heavy atom. The van der Waals surface area contributed by atoms with Gasteiger partial charge in [0.05, 0.1) is 12.5 Å². The summed E-state index contributed by atoms with van der Waals surface area (Å²) in [5, 5.41) is 8.46. The summed E-state index contributed by atoms with van der Waals surface area (Å²) < 4.78 is 25.9. The largest absolute Gasteiger partial charge is 0.264 e. The smallest absolute Gasteiger partial charge is 0.250 e. The zero-order valence-electron chi connectivity index (χ0n) is 7.39. The first-order chi connectivity index (χ1) is 6.57. The van der Waals surface area contributed by atoms with Crippen molar-refractivity contribution in [3.05, 3.63) is 26.6 Å². The Bertz CT molecular complexity index is 385. The molecule has 0 radical (unpaired) electrons. The van der Waals surface area contributed by atoms with Gasteiger partial charge in [-0.3, -0.25) is 0 Å². The quantitative estimate of drug-likeness (QED) is 0.622. The minimum atomic E-state index is -2.55. The van der Waals surface area contributed by atoms with Crippen molar-refractivity contribution in [1.82, 2.24) is 4.98 Å². The van der Waals surface area contributed by atoms with Gasteiger partial charge in [0, 0.05) is 11.8 Å². The van der Waals surface area contributed by atoms with Gasteiger partial charge in [-0.2, -0.15) is 5.26 Å². The van der Waals surface area contributed by atoms with Crippen LogP contribution in [0.5, 0.6) is 0 Å². The number of hydrogen-bond acceptors (Lipinski definition) is 2. The van der Waals surface area contributed by atoms with Gasteiger partial charge in [-0.05, 0) is 40.6 Å². The molecule has 2 nitrogen and oxygen atoms in total. The molecule has 1 rings (SSSR count). The van der Waals surface area contributed by atoms with Crippen molar-refractivity contribution >= 4 is 22.6 Å². The first-order valence-electron chi connectivity index (χ1n) is 3.87. The van der Waals surface area contributed by atoms with Gasteiger partial charge in [0.1, 0.15) is 3.70 Å². The van der Waals surface area contributed by atoms with Crippen molar-refractivity contribution in [2.24, 2.45) is 0 Å². The van der Waals surface area contributed by atoms with Gasteiger partial charge < -0.3 is 0 Å². The number of rotatable bonds is 2. The number of halogens is 3. The van der Waals surface area contributed by atoms with Crippen molar-refractivity contribution in [1.29, 1.82) is 5.26 Å². The lowest BCUT2D eigenvalue weighted by Crippen LogP contribution is -2.01. The highest BCUT2D eigenvalue weighted by Crippen LogP contribution is 2.28. The van der Waals surface area contributed by atoms with Crippen molar-refractivity contribution < 1.29 is 8.78 Å². The first kappa shape index (κ1) is 11.3. The van der Waals surface area contributed by atoms with Crippen LogP contribution in [0.2, 0.25) is 0 Å². The van der Waals surface area contributed by atoms with E-state index < -0.39 is 6.43 Å². The predicted octanol–water partition coefficient (Wildman–Crippen LogP) is 3.00. The first-order valence-corrected chi connectivity index (χ1v) is 4.94. The summed E-state index contributed by atoms with van der Waals surface area (Å²) in [5.74, 6) is 0. The fourth-order valence-corrected chi connectivity index (χ4v) is 1.61. The minimum Gasteiger partial charge on any atom is -0.250 e. The summed E-state index contributed by atoms with van der Waals surface area (Å²) in [6.45, 7) is 1.59. The summed E-state index contributed by atoms with van der Waals surface area (Å²) in [6.07, 6.45) is -1.22. The second-order valence-electron chi connectivity index (χ2n) is 2.75. The molecule has 0 aromatic carbocycles. The van der Waals surface area contributed by atoms with Crippen LogP contribution in [0, 0.1) is 22.0 Å². The second kappa shape index (κ2) is 4.64. The van der Waals surface area contributed by atoms with Crippen LogP contribution in [0.25, 0.3) is 0 Å². The maximum absolute atomic E-state index is 12.7. The van der Waals surface area contributed by atoms with E-state index in [1.54, 1.807) is 6.92 Å². The molecule has 0 atom stereocenters. The lowest BCUT2D eigenvalue weighted by molar-refractivity contribution is 0.149. The number of aromatic nitrogens is 1. The van der Waals surface area contributed by atoms with Gasteiger partial charge >= 0.3 is 0 Å². The molecule has 0 aliphatic rings. The molecule has 0 aliphatic carbocycles. The molecule has 74 valence electrons. The Morgan fingerprint density at radius 3 is 2.79 bits per heavy atom. The molecule has 1 heterocycles. The summed E-state index contributed by atoms with van der Waals surface area (Å²) >= 11 is 1.90. The number of nitriles is 1. The SMILES string of the molecule is Cc1c(I)ncc(CC#N)c1C(F)F. The molecule has 0 bridgehead atoms. The van der Waals surface area contributed by atoms with Crippen LogP contribution in [0.15, 0.2) is 6.20 Å². The van der Waals surface area contributed by atoms with Crippen LogP contribution in [-0.4, -0.2) is 4.98 Å². The van der Waals surface area contributed by atoms with E-state index in [-0.39, 0.29) is 12.0 Å². The van der Waals surface area contributed by atoms with Crippen LogP contribution in [0.4, 0.5) is 8.78 Å². The molecule has 0 spiro atoms. The molecule has 14 heavy (non-hydrogen) atoms. The molecular weight excluding hydrogens is 301 g/mol. The third-order valence-electron chi connectivity index (χ3n) is 1.88. The van der Waals surface area contributed by atoms with Gasteiger partial charge in [-0.15, -0.1) is 0 Å². The number of alkyl halides is 2. The summed E-state index contributed by atoms with van der Waals surface area (Å²) in [7, 11) is 0. The highest BCUT2D eigenvalue weighted by molar-refractivity contribution is 14.1. The monoisotopic (exact) mass is 308 g/mol. The van der Waals surface area contributed by atoms with Gasteiger partial charge in [0.15, 0.2) is 0 Å². The Labute approximate surface area is 94.1 Å². The zero-order valence-corrected chi connectivity index (χ0v) is 9.55. The summed E-state index contributed by atoms with van der Waals surface area (Å²) in [4.78, 5) is 3.94. The normalized spacial score (nSPS) is 10.3. The second-order valence-corrected chi connectivity index (χ2v) is 3.77. The molecule has 0 N–H and O–H groups in total. The predicted molar refractivity (Wildman–Crippen MR) is 56.0 cm³/mol. The van der Waals surface area contributed by atoms with E-state index in [2.05, 4.69) is 4.98 Å². The number of hydrogen-bond donors (Lipinski definition) is 0. The Balaban J connectivity index is 3.31. The van der Waals surface area contributed by atoms with E-state index in [4.69, 9.17) is 5.26 Å². The number of nitrogens with zero attached hydrogens (tertiary/aromatic N) is 2. The van der Waals surface area contributed by atoms with E-state index in [0.29, 0.717) is 14.8 Å². The molecule has 0 aliphatic heterocycles. The van der Waals surface area contributed by atoms with E-state index in [1.807, 2.05) is 28.7 Å². The Hall–Kier alpha value is -0.770. The average Bonchev–Trinajstić information content (AvgIpc) is 2.11. The van der Waals surface area contributed by atoms with Crippen molar-refractivity contribution in [3.8, 4) is 6.07 Å². The molecule has 0 fully saturated rings. The molecule has 0 saturated heterocycles. The van der Waals surface area contributed by atoms with Crippen molar-refractivity contribution in [2.45, 2.75) is 19.8 Å². The summed E-state index contributed by atoms with van der Waals surface area (Å²) in [5.41, 5.74) is 0.736. The third kappa shape index (κ3) is 2.18. The number of pyridine rings is 1. The molecule has 0 unspecified atom stereocenters. The van der Waals surface area contributed by atoms with E-state index in [1.165, 1.54) is 6.20 Å². The molecule has 0 amide bonds. The lowest BCUT2D eigenvalue weighted by atomic mass is 10.0. The molecule has 0 saturated carbocycles. The van der Waals surface area contributed by atoms with Crippen LogP contribution in [-0.2, 0) is 6.42 Å². The van der Waals surface area contributed by atoms with E-state index in [0.717, 1.165) is 0 Å². The van der Waals surface area contributed by atoms with Gasteiger partial charge in [-0.25, -0.2) is 13.8 Å². The summed E-state index contributed by atoms with van der Waals surface area (Å²) in [6, 6.07) is 1.85. The zero-order chi connectivity index (χ0) is 10.7. The van der Waals surface area contributed by atoms with Crippen LogP contribution in [0.3, 0.4) is 0 Å². The minimum absolute atomic E-state index is 0.0234. The van der Waals surface area contributed by atoms with E-state index in [9.17, 15) is 8.78 Å². The highest BCUT2D eigenvalue weighted by atomic mass is 127. The Morgan fingerprint density at radius 1 is 1.64 bits per heavy atom. The van der Waals surface area contributed by atoms with Crippen LogP contribution in [0.1, 0.15) is 23.1 Å². The maximum atomic E-state index is 12.7. The van der Waals surface area contributed by atoms with Crippen LogP contribution >= 0.6 is 22.6 Å². The van der Waals surface area contributed by atoms with Gasteiger partial charge in [0.2, 0.25) is 0 Å². The topological polar surface area (TPSA) is 36.7 Å². The molecule has 1 aromatic rings.